The van der Waals surface area contributed by atoms with Gasteiger partial charge in [-0.3, -0.25) is 4.72 Å². The number of aromatic nitrogens is 1. The molecule has 0 aliphatic heterocycles. The molecule has 3 N–H and O–H groups in total. The number of benzene rings is 1. The van der Waals surface area contributed by atoms with Crippen molar-refractivity contribution in [1.29, 1.82) is 0 Å². The van der Waals surface area contributed by atoms with Crippen LogP contribution in [0.2, 0.25) is 0 Å². The number of nitrogens with one attached hydrogen (secondary N) is 1. The van der Waals surface area contributed by atoms with Gasteiger partial charge in [0, 0.05) is 17.5 Å². The summed E-state index contributed by atoms with van der Waals surface area (Å²) < 4.78 is 26.2. The first-order chi connectivity index (χ1) is 9.58. The third kappa shape index (κ3) is 2.84. The smallest absolute Gasteiger partial charge is 0.237 e. The van der Waals surface area contributed by atoms with E-state index in [1.807, 2.05) is 29.6 Å². The molecule has 0 atom stereocenters. The molecular formula is C13H15N3O2S2. The van der Waals surface area contributed by atoms with E-state index in [0.717, 1.165) is 29.7 Å². The Labute approximate surface area is 121 Å². The number of thiazole rings is 1. The third-order valence-electron chi connectivity index (χ3n) is 3.18. The van der Waals surface area contributed by atoms with Gasteiger partial charge in [-0.2, -0.15) is 0 Å². The second kappa shape index (κ2) is 5.16. The molecule has 20 heavy (non-hydrogen) atoms. The molecule has 7 heteroatoms. The van der Waals surface area contributed by atoms with Crippen LogP contribution in [-0.2, 0) is 16.6 Å². The van der Waals surface area contributed by atoms with Crippen LogP contribution in [-0.4, -0.2) is 18.7 Å². The normalized spacial score (nSPS) is 15.2. The number of hydrogen-bond donors (Lipinski definition) is 2. The molecule has 5 nitrogen and oxygen atoms in total. The monoisotopic (exact) mass is 309 g/mol. The van der Waals surface area contributed by atoms with E-state index < -0.39 is 10.0 Å². The van der Waals surface area contributed by atoms with E-state index >= 15 is 0 Å². The molecule has 1 saturated carbocycles. The van der Waals surface area contributed by atoms with Crippen molar-refractivity contribution in [2.75, 3.05) is 4.72 Å². The average molecular weight is 309 g/mol. The molecule has 1 aliphatic carbocycles. The predicted molar refractivity (Wildman–Crippen MR) is 81.0 cm³/mol. The quantitative estimate of drug-likeness (QED) is 0.886. The first kappa shape index (κ1) is 13.5. The van der Waals surface area contributed by atoms with Crippen LogP contribution < -0.4 is 10.5 Å². The maximum atomic E-state index is 11.8. The van der Waals surface area contributed by atoms with Crippen molar-refractivity contribution < 1.29 is 8.42 Å². The molecule has 0 bridgehead atoms. The fourth-order valence-electron chi connectivity index (χ4n) is 1.85. The highest BCUT2D eigenvalue weighted by Gasteiger charge is 2.36. The first-order valence-electron chi connectivity index (χ1n) is 6.35. The summed E-state index contributed by atoms with van der Waals surface area (Å²) in [5, 5.41) is 2.04. The number of nitrogens with two attached hydrogens (primary N) is 1. The largest absolute Gasteiger partial charge is 0.326 e. The summed E-state index contributed by atoms with van der Waals surface area (Å²) in [5.74, 6) is 0. The maximum absolute atomic E-state index is 11.8. The second-order valence-corrected chi connectivity index (χ2v) is 7.60. The van der Waals surface area contributed by atoms with Crippen LogP contribution in [0.1, 0.15) is 18.4 Å². The van der Waals surface area contributed by atoms with Gasteiger partial charge in [-0.25, -0.2) is 13.4 Å². The van der Waals surface area contributed by atoms with Crippen molar-refractivity contribution in [1.82, 2.24) is 4.98 Å². The lowest BCUT2D eigenvalue weighted by Crippen LogP contribution is -2.17. The van der Waals surface area contributed by atoms with Gasteiger partial charge in [0.25, 0.3) is 0 Å². The van der Waals surface area contributed by atoms with Gasteiger partial charge in [0.2, 0.25) is 10.0 Å². The number of anilines is 1. The Morgan fingerprint density at radius 3 is 2.60 bits per heavy atom. The fraction of sp³-hybridized carbons (Fsp3) is 0.308. The number of rotatable bonds is 5. The zero-order valence-corrected chi connectivity index (χ0v) is 12.4. The standard InChI is InChI=1S/C13H15N3O2S2/c14-7-9-1-3-10(4-2-9)12-8-19-13(15-12)16-20(17,18)11-5-6-11/h1-4,8,11H,5-7,14H2,(H,15,16). The Hall–Kier alpha value is -1.44. The number of hydrogen-bond acceptors (Lipinski definition) is 5. The van der Waals surface area contributed by atoms with E-state index in [2.05, 4.69) is 9.71 Å². The highest BCUT2D eigenvalue weighted by Crippen LogP contribution is 2.31. The van der Waals surface area contributed by atoms with E-state index in [9.17, 15) is 8.42 Å². The van der Waals surface area contributed by atoms with Crippen LogP contribution in [0.15, 0.2) is 29.6 Å². The van der Waals surface area contributed by atoms with Crippen molar-refractivity contribution in [3.05, 3.63) is 35.2 Å². The highest BCUT2D eigenvalue weighted by atomic mass is 32.2. The van der Waals surface area contributed by atoms with E-state index in [1.54, 1.807) is 0 Å². The Morgan fingerprint density at radius 2 is 2.00 bits per heavy atom. The molecule has 0 unspecified atom stereocenters. The summed E-state index contributed by atoms with van der Waals surface area (Å²) in [6.07, 6.45) is 1.49. The summed E-state index contributed by atoms with van der Waals surface area (Å²) >= 11 is 1.30. The van der Waals surface area contributed by atoms with Crippen LogP contribution >= 0.6 is 11.3 Å². The van der Waals surface area contributed by atoms with Crippen molar-refractivity contribution in [2.45, 2.75) is 24.6 Å². The minimum atomic E-state index is -3.24. The van der Waals surface area contributed by atoms with Gasteiger partial charge in [-0.1, -0.05) is 24.3 Å². The van der Waals surface area contributed by atoms with Gasteiger partial charge in [-0.15, -0.1) is 11.3 Å². The lowest BCUT2D eigenvalue weighted by molar-refractivity contribution is 0.600. The van der Waals surface area contributed by atoms with Crippen molar-refractivity contribution in [2.24, 2.45) is 5.73 Å². The Balaban J connectivity index is 1.78. The van der Waals surface area contributed by atoms with E-state index in [-0.39, 0.29) is 5.25 Å². The molecule has 1 aromatic heterocycles. The van der Waals surface area contributed by atoms with Crippen molar-refractivity contribution in [3.63, 3.8) is 0 Å². The maximum Gasteiger partial charge on any atom is 0.237 e. The van der Waals surface area contributed by atoms with Crippen LogP contribution in [0.5, 0.6) is 0 Å². The minimum Gasteiger partial charge on any atom is -0.326 e. The van der Waals surface area contributed by atoms with Gasteiger partial charge >= 0.3 is 0 Å². The van der Waals surface area contributed by atoms with E-state index in [1.165, 1.54) is 11.3 Å². The second-order valence-electron chi connectivity index (χ2n) is 4.79. The van der Waals surface area contributed by atoms with Crippen LogP contribution in [0.25, 0.3) is 11.3 Å². The highest BCUT2D eigenvalue weighted by molar-refractivity contribution is 7.93. The molecule has 106 valence electrons. The van der Waals surface area contributed by atoms with Gasteiger partial charge in [0.15, 0.2) is 5.13 Å². The van der Waals surface area contributed by atoms with Crippen LogP contribution in [0.4, 0.5) is 5.13 Å². The first-order valence-corrected chi connectivity index (χ1v) is 8.77. The SMILES string of the molecule is NCc1ccc(-c2csc(NS(=O)(=O)C3CC3)n2)cc1. The summed E-state index contributed by atoms with van der Waals surface area (Å²) in [4.78, 5) is 4.33. The Kier molecular flexibility index (Phi) is 3.49. The van der Waals surface area contributed by atoms with Gasteiger partial charge in [0.1, 0.15) is 0 Å². The fourth-order valence-corrected chi connectivity index (χ4v) is 4.16. The van der Waals surface area contributed by atoms with Crippen molar-refractivity contribution >= 4 is 26.5 Å². The molecule has 1 fully saturated rings. The molecule has 1 heterocycles. The lowest BCUT2D eigenvalue weighted by atomic mass is 10.1. The number of nitrogens with zero attached hydrogens (tertiary/aromatic N) is 1. The molecule has 0 amide bonds. The predicted octanol–water partition coefficient (Wildman–Crippen LogP) is 2.17. The van der Waals surface area contributed by atoms with Gasteiger partial charge in [0.05, 0.1) is 10.9 Å². The molecule has 3 rings (SSSR count). The topological polar surface area (TPSA) is 85.1 Å². The summed E-state index contributed by atoms with van der Waals surface area (Å²) in [6, 6.07) is 7.78. The molecule has 0 radical (unpaired) electrons. The third-order valence-corrected chi connectivity index (χ3v) is 5.90. The van der Waals surface area contributed by atoms with Gasteiger partial charge in [-0.05, 0) is 18.4 Å². The van der Waals surface area contributed by atoms with Crippen molar-refractivity contribution in [3.8, 4) is 11.3 Å². The molecule has 1 aromatic carbocycles. The van der Waals surface area contributed by atoms with Gasteiger partial charge < -0.3 is 5.73 Å². The Morgan fingerprint density at radius 1 is 1.30 bits per heavy atom. The average Bonchev–Trinajstić information content (AvgIpc) is 3.21. The Bertz CT molecular complexity index is 703. The van der Waals surface area contributed by atoms with Crippen LogP contribution in [0.3, 0.4) is 0 Å². The molecule has 2 aromatic rings. The lowest BCUT2D eigenvalue weighted by Gasteiger charge is -2.02. The molecule has 0 spiro atoms. The zero-order valence-electron chi connectivity index (χ0n) is 10.7. The summed E-state index contributed by atoms with van der Waals surface area (Å²) in [7, 11) is -3.24. The molecule has 0 saturated heterocycles. The summed E-state index contributed by atoms with van der Waals surface area (Å²) in [5.41, 5.74) is 8.33. The zero-order chi connectivity index (χ0) is 14.2. The van der Waals surface area contributed by atoms with E-state index in [4.69, 9.17) is 5.73 Å². The summed E-state index contributed by atoms with van der Waals surface area (Å²) in [6.45, 7) is 0.504. The van der Waals surface area contributed by atoms with E-state index in [0.29, 0.717) is 11.7 Å². The van der Waals surface area contributed by atoms with Crippen LogP contribution in [0, 0.1) is 0 Å². The minimum absolute atomic E-state index is 0.237. The molecular weight excluding hydrogens is 294 g/mol. The number of sulfonamides is 1. The molecule has 1 aliphatic rings.